The van der Waals surface area contributed by atoms with Crippen LogP contribution in [0.1, 0.15) is 42.6 Å². The van der Waals surface area contributed by atoms with E-state index in [0.717, 1.165) is 29.2 Å². The molecule has 3 aromatic rings. The highest BCUT2D eigenvalue weighted by Crippen LogP contribution is 2.30. The van der Waals surface area contributed by atoms with Gasteiger partial charge < -0.3 is 14.6 Å². The summed E-state index contributed by atoms with van der Waals surface area (Å²) in [5.74, 6) is -0.0940. The lowest BCUT2D eigenvalue weighted by Crippen LogP contribution is -2.25. The smallest absolute Gasteiger partial charge is 0.270 e. The Morgan fingerprint density at radius 2 is 2.21 bits per heavy atom. The van der Waals surface area contributed by atoms with Gasteiger partial charge in [0.1, 0.15) is 10.7 Å². The Morgan fingerprint density at radius 3 is 3.03 bits per heavy atom. The lowest BCUT2D eigenvalue weighted by atomic mass is 9.97. The van der Waals surface area contributed by atoms with Gasteiger partial charge in [0.05, 0.1) is 12.3 Å². The Kier molecular flexibility index (Phi) is 6.42. The molecule has 2 heterocycles. The summed E-state index contributed by atoms with van der Waals surface area (Å²) in [5.41, 5.74) is 4.14. The monoisotopic (exact) mass is 409 g/mol. The topological polar surface area (TPSA) is 56.2 Å². The first kappa shape index (κ1) is 19.9. The van der Waals surface area contributed by atoms with Crippen molar-refractivity contribution in [2.45, 2.75) is 38.6 Å². The minimum absolute atomic E-state index is 0.0940. The highest BCUT2D eigenvalue weighted by atomic mass is 32.1. The van der Waals surface area contributed by atoms with E-state index in [0.29, 0.717) is 18.8 Å². The molecule has 0 atom stereocenters. The molecule has 1 aliphatic carbocycles. The number of fused-ring (bicyclic) bond motifs is 1. The van der Waals surface area contributed by atoms with E-state index in [9.17, 15) is 4.79 Å². The van der Waals surface area contributed by atoms with Crippen molar-refractivity contribution in [1.29, 1.82) is 0 Å². The van der Waals surface area contributed by atoms with Crippen molar-refractivity contribution in [2.24, 2.45) is 0 Å². The summed E-state index contributed by atoms with van der Waals surface area (Å²) in [4.78, 5) is 17.2. The third-order valence-electron chi connectivity index (χ3n) is 5.40. The van der Waals surface area contributed by atoms with Crippen molar-refractivity contribution in [1.82, 2.24) is 14.9 Å². The molecule has 0 fully saturated rings. The number of hydrogen-bond donors (Lipinski definition) is 1. The summed E-state index contributed by atoms with van der Waals surface area (Å²) < 4.78 is 7.50. The molecule has 0 saturated heterocycles. The summed E-state index contributed by atoms with van der Waals surface area (Å²) in [6, 6.07) is 10.4. The summed E-state index contributed by atoms with van der Waals surface area (Å²) in [6.45, 7) is 2.04. The molecule has 1 amide bonds. The van der Waals surface area contributed by atoms with E-state index in [-0.39, 0.29) is 5.91 Å². The second-order valence-electron chi connectivity index (χ2n) is 7.38. The third kappa shape index (κ3) is 4.60. The highest BCUT2D eigenvalue weighted by Gasteiger charge is 2.16. The van der Waals surface area contributed by atoms with E-state index in [1.807, 2.05) is 17.5 Å². The molecule has 0 radical (unpaired) electrons. The Balaban J connectivity index is 1.48. The molecule has 0 unspecified atom stereocenters. The van der Waals surface area contributed by atoms with Gasteiger partial charge in [0.2, 0.25) is 0 Å². The number of rotatable bonds is 8. The molecular weight excluding hydrogens is 382 g/mol. The van der Waals surface area contributed by atoms with Gasteiger partial charge in [-0.1, -0.05) is 29.8 Å². The molecule has 1 N–H and O–H groups in total. The van der Waals surface area contributed by atoms with Gasteiger partial charge in [-0.2, -0.15) is 0 Å². The number of nitrogens with zero attached hydrogens (tertiary/aromatic N) is 2. The van der Waals surface area contributed by atoms with Crippen LogP contribution in [0.4, 0.5) is 0 Å². The Hall–Kier alpha value is -2.44. The van der Waals surface area contributed by atoms with Crippen LogP contribution < -0.4 is 5.32 Å². The number of allylic oxidation sites excluding steroid dienone is 1. The van der Waals surface area contributed by atoms with Crippen LogP contribution in [-0.4, -0.2) is 35.7 Å². The maximum Gasteiger partial charge on any atom is 0.270 e. The van der Waals surface area contributed by atoms with E-state index < -0.39 is 0 Å². The maximum atomic E-state index is 12.5. The van der Waals surface area contributed by atoms with Crippen molar-refractivity contribution >= 4 is 28.1 Å². The molecule has 6 heteroatoms. The molecule has 0 bridgehead atoms. The minimum Gasteiger partial charge on any atom is -0.383 e. The summed E-state index contributed by atoms with van der Waals surface area (Å²) >= 11 is 1.51. The molecule has 29 heavy (non-hydrogen) atoms. The lowest BCUT2D eigenvalue weighted by Gasteiger charge is -2.12. The van der Waals surface area contributed by atoms with Gasteiger partial charge in [-0.05, 0) is 44.2 Å². The normalized spacial score (nSPS) is 14.2. The molecule has 152 valence electrons. The van der Waals surface area contributed by atoms with Crippen molar-refractivity contribution in [3.63, 3.8) is 0 Å². The second kappa shape index (κ2) is 9.37. The predicted octanol–water partition coefficient (Wildman–Crippen LogP) is 5.03. The van der Waals surface area contributed by atoms with Gasteiger partial charge in [0.15, 0.2) is 0 Å². The summed E-state index contributed by atoms with van der Waals surface area (Å²) in [6.07, 6.45) is 8.17. The van der Waals surface area contributed by atoms with E-state index in [4.69, 9.17) is 4.74 Å². The number of thiazole rings is 1. The quantitative estimate of drug-likeness (QED) is 0.531. The van der Waals surface area contributed by atoms with Crippen molar-refractivity contribution in [3.8, 4) is 10.7 Å². The van der Waals surface area contributed by atoms with Crippen LogP contribution in [0.25, 0.3) is 21.6 Å². The first-order valence-corrected chi connectivity index (χ1v) is 11.1. The number of ether oxygens (including phenoxy) is 1. The number of carbonyl (C=O) groups excluding carboxylic acids is 1. The molecule has 2 aromatic heterocycles. The maximum absolute atomic E-state index is 12.5. The molecule has 4 rings (SSSR count). The standard InChI is InChI=1S/C23H27N3O2S/c1-28-14-13-26-20-10-6-5-9-18(20)15-21(26)23-25-19(16-29-23)22(27)24-12-11-17-7-3-2-4-8-17/h5-7,9-10,15-16H,2-4,8,11-14H2,1H3,(H,24,27). The molecule has 0 spiro atoms. The van der Waals surface area contributed by atoms with Crippen LogP contribution in [0.3, 0.4) is 0 Å². The average Bonchev–Trinajstić information content (AvgIpc) is 3.38. The van der Waals surface area contributed by atoms with Gasteiger partial charge in [-0.3, -0.25) is 4.79 Å². The number of nitrogens with one attached hydrogen (secondary N) is 1. The van der Waals surface area contributed by atoms with E-state index in [1.165, 1.54) is 48.0 Å². The average molecular weight is 410 g/mol. The fraction of sp³-hybridized carbons (Fsp3) is 0.391. The van der Waals surface area contributed by atoms with Crippen LogP contribution in [-0.2, 0) is 11.3 Å². The molecule has 1 aromatic carbocycles. The van der Waals surface area contributed by atoms with Crippen LogP contribution in [0.2, 0.25) is 0 Å². The van der Waals surface area contributed by atoms with E-state index in [1.54, 1.807) is 7.11 Å². The predicted molar refractivity (Wildman–Crippen MR) is 118 cm³/mol. The van der Waals surface area contributed by atoms with Gasteiger partial charge in [-0.25, -0.2) is 4.98 Å². The fourth-order valence-corrected chi connectivity index (χ4v) is 4.69. The van der Waals surface area contributed by atoms with Gasteiger partial charge in [-0.15, -0.1) is 11.3 Å². The van der Waals surface area contributed by atoms with Crippen LogP contribution in [0.15, 0.2) is 47.4 Å². The number of aromatic nitrogens is 2. The first-order valence-electron chi connectivity index (χ1n) is 10.3. The minimum atomic E-state index is -0.0940. The SMILES string of the molecule is COCCn1c(-c2nc(C(=O)NCCC3=CCCCC3)cs2)cc2ccccc21. The van der Waals surface area contributed by atoms with Crippen molar-refractivity contribution in [3.05, 3.63) is 53.1 Å². The first-order chi connectivity index (χ1) is 14.3. The zero-order chi connectivity index (χ0) is 20.1. The van der Waals surface area contributed by atoms with Crippen molar-refractivity contribution < 1.29 is 9.53 Å². The third-order valence-corrected chi connectivity index (χ3v) is 6.27. The molecule has 0 saturated carbocycles. The number of para-hydroxylation sites is 1. The zero-order valence-electron chi connectivity index (χ0n) is 16.8. The fourth-order valence-electron chi connectivity index (χ4n) is 3.87. The number of methoxy groups -OCH3 is 1. The Bertz CT molecular complexity index is 1020. The Morgan fingerprint density at radius 1 is 1.31 bits per heavy atom. The molecule has 1 aliphatic rings. The van der Waals surface area contributed by atoms with Crippen molar-refractivity contribution in [2.75, 3.05) is 20.3 Å². The van der Waals surface area contributed by atoms with Gasteiger partial charge in [0, 0.05) is 36.5 Å². The second-order valence-corrected chi connectivity index (χ2v) is 8.24. The zero-order valence-corrected chi connectivity index (χ0v) is 17.6. The van der Waals surface area contributed by atoms with Crippen LogP contribution >= 0.6 is 11.3 Å². The van der Waals surface area contributed by atoms with E-state index >= 15 is 0 Å². The number of hydrogen-bond acceptors (Lipinski definition) is 4. The largest absolute Gasteiger partial charge is 0.383 e. The lowest BCUT2D eigenvalue weighted by molar-refractivity contribution is 0.0950. The van der Waals surface area contributed by atoms with Gasteiger partial charge >= 0.3 is 0 Å². The Labute approximate surface area is 175 Å². The molecule has 5 nitrogen and oxygen atoms in total. The molecular formula is C23H27N3O2S. The summed E-state index contributed by atoms with van der Waals surface area (Å²) in [7, 11) is 1.71. The van der Waals surface area contributed by atoms with Crippen LogP contribution in [0, 0.1) is 0 Å². The highest BCUT2D eigenvalue weighted by molar-refractivity contribution is 7.13. The molecule has 0 aliphatic heterocycles. The van der Waals surface area contributed by atoms with Gasteiger partial charge in [0.25, 0.3) is 5.91 Å². The van der Waals surface area contributed by atoms with Crippen LogP contribution in [0.5, 0.6) is 0 Å². The van der Waals surface area contributed by atoms with E-state index in [2.05, 4.69) is 39.1 Å². The number of benzene rings is 1. The number of carbonyl (C=O) groups is 1. The summed E-state index contributed by atoms with van der Waals surface area (Å²) in [5, 5.41) is 6.90. The number of amides is 1.